The largest absolute Gasteiger partial charge is 0.497 e. The molecule has 2 aromatic rings. The Morgan fingerprint density at radius 2 is 1.61 bits per heavy atom. The van der Waals surface area contributed by atoms with Crippen LogP contribution in [-0.4, -0.2) is 38.7 Å². The van der Waals surface area contributed by atoms with E-state index in [4.69, 9.17) is 18.9 Å². The van der Waals surface area contributed by atoms with Crippen molar-refractivity contribution in [2.24, 2.45) is 5.41 Å². The number of rotatable bonds is 9. The van der Waals surface area contributed by atoms with E-state index < -0.39 is 11.2 Å². The highest BCUT2D eigenvalue weighted by molar-refractivity contribution is 7.99. The van der Waals surface area contributed by atoms with E-state index in [9.17, 15) is 4.79 Å². The van der Waals surface area contributed by atoms with Crippen LogP contribution in [0, 0.1) is 5.41 Å². The minimum Gasteiger partial charge on any atom is -0.497 e. The second-order valence-electron chi connectivity index (χ2n) is 8.14. The fourth-order valence-electron chi connectivity index (χ4n) is 3.25. The Hall–Kier alpha value is -2.02. The third-order valence-electron chi connectivity index (χ3n) is 5.63. The highest BCUT2D eigenvalue weighted by Gasteiger charge is 2.39. The first-order valence-electron chi connectivity index (χ1n) is 10.7. The topological polar surface area (TPSA) is 54.0 Å². The Bertz CT molecular complexity index is 839. The van der Waals surface area contributed by atoms with Crippen LogP contribution < -0.4 is 4.74 Å². The van der Waals surface area contributed by atoms with Gasteiger partial charge >= 0.3 is 5.97 Å². The maximum atomic E-state index is 12.1. The van der Waals surface area contributed by atoms with Gasteiger partial charge in [0.15, 0.2) is 0 Å². The minimum atomic E-state index is -0.908. The highest BCUT2D eigenvalue weighted by atomic mass is 32.2. The molecule has 0 N–H and O–H groups in total. The normalized spacial score (nSPS) is 16.0. The minimum absolute atomic E-state index is 0.140. The van der Waals surface area contributed by atoms with Crippen molar-refractivity contribution >= 4 is 17.7 Å². The van der Waals surface area contributed by atoms with Crippen molar-refractivity contribution in [3.05, 3.63) is 59.7 Å². The molecule has 5 nitrogen and oxygen atoms in total. The van der Waals surface area contributed by atoms with Crippen LogP contribution in [0.4, 0.5) is 0 Å². The quantitative estimate of drug-likeness (QED) is 0.293. The molecular formula is C25H32O5S. The molecule has 0 atom stereocenters. The van der Waals surface area contributed by atoms with Gasteiger partial charge in [-0.25, -0.2) is 0 Å². The molecule has 0 radical (unpaired) electrons. The average molecular weight is 445 g/mol. The lowest BCUT2D eigenvalue weighted by molar-refractivity contribution is -0.249. The molecule has 1 aliphatic heterocycles. The van der Waals surface area contributed by atoms with E-state index in [-0.39, 0.29) is 5.97 Å². The van der Waals surface area contributed by atoms with Gasteiger partial charge in [0.25, 0.3) is 0 Å². The zero-order valence-corrected chi connectivity index (χ0v) is 19.6. The third-order valence-corrected chi connectivity index (χ3v) is 6.60. The first kappa shape index (κ1) is 23.6. The summed E-state index contributed by atoms with van der Waals surface area (Å²) < 4.78 is 23.1. The van der Waals surface area contributed by atoms with Gasteiger partial charge < -0.3 is 18.9 Å². The Labute approximate surface area is 189 Å². The van der Waals surface area contributed by atoms with Gasteiger partial charge in [-0.1, -0.05) is 19.1 Å². The summed E-state index contributed by atoms with van der Waals surface area (Å²) in [5.74, 6) is 0.458. The average Bonchev–Trinajstić information content (AvgIpc) is 2.82. The van der Waals surface area contributed by atoms with Gasteiger partial charge in [-0.05, 0) is 63.1 Å². The number of esters is 1. The van der Waals surface area contributed by atoms with Crippen molar-refractivity contribution < 1.29 is 23.7 Å². The van der Waals surface area contributed by atoms with E-state index in [1.54, 1.807) is 18.9 Å². The van der Waals surface area contributed by atoms with Crippen LogP contribution in [0.1, 0.15) is 44.7 Å². The molecule has 1 fully saturated rings. The van der Waals surface area contributed by atoms with E-state index in [0.717, 1.165) is 34.6 Å². The van der Waals surface area contributed by atoms with Crippen LogP contribution in [-0.2, 0) is 24.8 Å². The lowest BCUT2D eigenvalue weighted by Crippen LogP contribution is -2.39. The molecule has 0 saturated carbocycles. The van der Waals surface area contributed by atoms with Crippen molar-refractivity contribution in [1.29, 1.82) is 0 Å². The van der Waals surface area contributed by atoms with Gasteiger partial charge in [0.2, 0.25) is 5.79 Å². The van der Waals surface area contributed by atoms with Crippen LogP contribution in [0.25, 0.3) is 0 Å². The molecule has 0 spiro atoms. The molecule has 0 amide bonds. The molecule has 3 rings (SSSR count). The summed E-state index contributed by atoms with van der Waals surface area (Å²) in [5, 5.41) is 0. The summed E-state index contributed by atoms with van der Waals surface area (Å²) in [4.78, 5) is 13.2. The van der Waals surface area contributed by atoms with Crippen LogP contribution in [0.2, 0.25) is 0 Å². The van der Waals surface area contributed by atoms with E-state index in [1.165, 1.54) is 0 Å². The Kier molecular flexibility index (Phi) is 8.03. The summed E-state index contributed by atoms with van der Waals surface area (Å²) in [5.41, 5.74) is 1.47. The van der Waals surface area contributed by atoms with E-state index in [0.29, 0.717) is 25.6 Å². The fraction of sp³-hybridized carbons (Fsp3) is 0.480. The molecular weight excluding hydrogens is 412 g/mol. The Morgan fingerprint density at radius 3 is 2.16 bits per heavy atom. The van der Waals surface area contributed by atoms with Crippen LogP contribution in [0.3, 0.4) is 0 Å². The number of methoxy groups -OCH3 is 1. The lowest BCUT2D eigenvalue weighted by Gasteiger charge is -2.38. The Balaban J connectivity index is 1.65. The number of hydrogen-bond donors (Lipinski definition) is 0. The number of hydrogen-bond acceptors (Lipinski definition) is 6. The van der Waals surface area contributed by atoms with Gasteiger partial charge in [0.05, 0.1) is 25.7 Å². The third kappa shape index (κ3) is 5.62. The molecule has 0 bridgehead atoms. The molecule has 1 heterocycles. The van der Waals surface area contributed by atoms with Crippen LogP contribution in [0.5, 0.6) is 5.75 Å². The van der Waals surface area contributed by atoms with Crippen molar-refractivity contribution in [3.8, 4) is 5.75 Å². The van der Waals surface area contributed by atoms with Gasteiger partial charge in [-0.3, -0.25) is 4.79 Å². The molecule has 2 aromatic carbocycles. The highest BCUT2D eigenvalue weighted by Crippen LogP contribution is 2.39. The second kappa shape index (κ2) is 10.5. The molecule has 1 aliphatic rings. The second-order valence-corrected chi connectivity index (χ2v) is 9.31. The van der Waals surface area contributed by atoms with E-state index in [2.05, 4.69) is 12.1 Å². The first-order valence-corrected chi connectivity index (χ1v) is 11.7. The molecule has 0 aromatic heterocycles. The zero-order chi connectivity index (χ0) is 22.3. The first-order chi connectivity index (χ1) is 14.9. The number of ether oxygens (including phenoxy) is 4. The maximum Gasteiger partial charge on any atom is 0.311 e. The summed E-state index contributed by atoms with van der Waals surface area (Å²) in [7, 11) is 1.65. The summed E-state index contributed by atoms with van der Waals surface area (Å²) in [6.45, 7) is 7.50. The maximum absolute atomic E-state index is 12.1. The molecule has 31 heavy (non-hydrogen) atoms. The van der Waals surface area contributed by atoms with Crippen LogP contribution >= 0.6 is 11.8 Å². The number of carbonyl (C=O) groups is 1. The summed E-state index contributed by atoms with van der Waals surface area (Å²) >= 11 is 1.66. The predicted molar refractivity (Wildman–Crippen MR) is 122 cm³/mol. The summed E-state index contributed by atoms with van der Waals surface area (Å²) in [6.07, 6.45) is 1.64. The lowest BCUT2D eigenvalue weighted by atomic mass is 9.91. The van der Waals surface area contributed by atoms with Gasteiger partial charge in [0, 0.05) is 21.8 Å². The molecule has 0 aliphatic carbocycles. The van der Waals surface area contributed by atoms with Gasteiger partial charge in [-0.2, -0.15) is 0 Å². The van der Waals surface area contributed by atoms with Crippen LogP contribution in [0.15, 0.2) is 53.4 Å². The smallest absolute Gasteiger partial charge is 0.311 e. The number of carbonyl (C=O) groups excluding carboxylic acids is 1. The van der Waals surface area contributed by atoms with Crippen molar-refractivity contribution in [2.45, 2.75) is 44.3 Å². The predicted octanol–water partition coefficient (Wildman–Crippen LogP) is 5.40. The molecule has 6 heteroatoms. The van der Waals surface area contributed by atoms with Crippen molar-refractivity contribution in [2.75, 3.05) is 32.7 Å². The number of benzene rings is 2. The molecule has 168 valence electrons. The van der Waals surface area contributed by atoms with Gasteiger partial charge in [-0.15, -0.1) is 11.8 Å². The summed E-state index contributed by atoms with van der Waals surface area (Å²) in [6, 6.07) is 16.0. The zero-order valence-electron chi connectivity index (χ0n) is 18.8. The van der Waals surface area contributed by atoms with Crippen molar-refractivity contribution in [1.82, 2.24) is 0 Å². The van der Waals surface area contributed by atoms with Crippen molar-refractivity contribution in [3.63, 3.8) is 0 Å². The molecule has 0 unspecified atom stereocenters. The standard InChI is InChI=1S/C25H32O5S/c1-5-24(2,3)23(26)28-17-18-31-22-13-9-20(10-14-22)25(29-15-6-16-30-25)19-7-11-21(27-4)12-8-19/h7-14H,5-6,15-18H2,1-4H3. The van der Waals surface area contributed by atoms with Gasteiger partial charge in [0.1, 0.15) is 12.4 Å². The monoisotopic (exact) mass is 444 g/mol. The fourth-order valence-corrected chi connectivity index (χ4v) is 3.98. The Morgan fingerprint density at radius 1 is 1.03 bits per heavy atom. The number of thioether (sulfide) groups is 1. The van der Waals surface area contributed by atoms with E-state index in [1.807, 2.05) is 57.2 Å². The SMILES string of the molecule is CCC(C)(C)C(=O)OCCSc1ccc(C2(c3ccc(OC)cc3)OCCCO2)cc1. The molecule has 1 saturated heterocycles. The van der Waals surface area contributed by atoms with E-state index >= 15 is 0 Å².